The molecule has 0 aromatic heterocycles. The molecule has 1 heterocycles. The van der Waals surface area contributed by atoms with Crippen LogP contribution in [0.1, 0.15) is 70.6 Å². The van der Waals surface area contributed by atoms with E-state index in [9.17, 15) is 9.59 Å². The van der Waals surface area contributed by atoms with Crippen molar-refractivity contribution in [3.8, 4) is 0 Å². The summed E-state index contributed by atoms with van der Waals surface area (Å²) in [6, 6.07) is 0.623. The molecule has 2 aliphatic rings. The van der Waals surface area contributed by atoms with Gasteiger partial charge in [0, 0.05) is 31.6 Å². The summed E-state index contributed by atoms with van der Waals surface area (Å²) in [6.45, 7) is 2.65. The number of urea groups is 1. The largest absolute Gasteiger partial charge is 0.352 e. The number of unbranched alkanes of at least 4 members (excludes halogenated alkanes) is 2. The zero-order valence-corrected chi connectivity index (χ0v) is 14.9. The van der Waals surface area contributed by atoms with Gasteiger partial charge in [-0.05, 0) is 45.1 Å². The number of nitrogens with one attached hydrogen (secondary N) is 4. The van der Waals surface area contributed by atoms with Gasteiger partial charge in [-0.2, -0.15) is 0 Å². The Morgan fingerprint density at radius 1 is 0.875 bits per heavy atom. The van der Waals surface area contributed by atoms with Gasteiger partial charge in [-0.1, -0.05) is 25.7 Å². The standard InChI is InChI=1S/C18H34N4O2/c23-17(21-16-10-7-12-19-14-16)11-5-2-6-13-20-18(24)22-15-8-3-1-4-9-15/h15-16,19H,1-14H2,(H,21,23)(H2,20,22,24). The molecule has 6 nitrogen and oxygen atoms in total. The Labute approximate surface area is 145 Å². The fraction of sp³-hybridized carbons (Fsp3) is 0.889. The van der Waals surface area contributed by atoms with Crippen molar-refractivity contribution in [3.05, 3.63) is 0 Å². The minimum Gasteiger partial charge on any atom is -0.352 e. The van der Waals surface area contributed by atoms with Crippen LogP contribution in [0.25, 0.3) is 0 Å². The fourth-order valence-corrected chi connectivity index (χ4v) is 3.55. The lowest BCUT2D eigenvalue weighted by Crippen LogP contribution is -2.45. The molecule has 1 saturated heterocycles. The quantitative estimate of drug-likeness (QED) is 0.511. The summed E-state index contributed by atoms with van der Waals surface area (Å²) in [6.07, 6.45) is 11.6. The first-order chi connectivity index (χ1) is 11.7. The Morgan fingerprint density at radius 3 is 2.42 bits per heavy atom. The lowest BCUT2D eigenvalue weighted by atomic mass is 9.96. The van der Waals surface area contributed by atoms with Crippen LogP contribution in [0.5, 0.6) is 0 Å². The zero-order valence-electron chi connectivity index (χ0n) is 14.9. The number of rotatable bonds is 8. The van der Waals surface area contributed by atoms with E-state index in [1.807, 2.05) is 0 Å². The van der Waals surface area contributed by atoms with Gasteiger partial charge in [0.05, 0.1) is 0 Å². The van der Waals surface area contributed by atoms with E-state index in [-0.39, 0.29) is 11.9 Å². The van der Waals surface area contributed by atoms with Crippen molar-refractivity contribution in [2.45, 2.75) is 82.7 Å². The number of hydrogen-bond donors (Lipinski definition) is 4. The summed E-state index contributed by atoms with van der Waals surface area (Å²) in [7, 11) is 0. The molecule has 1 unspecified atom stereocenters. The van der Waals surface area contributed by atoms with Crippen LogP contribution in [-0.4, -0.2) is 43.7 Å². The number of hydrogen-bond acceptors (Lipinski definition) is 3. The average molecular weight is 338 g/mol. The molecule has 0 aromatic carbocycles. The van der Waals surface area contributed by atoms with Crippen LogP contribution in [0.15, 0.2) is 0 Å². The minimum atomic E-state index is -0.0376. The molecule has 2 rings (SSSR count). The monoisotopic (exact) mass is 338 g/mol. The molecule has 0 radical (unpaired) electrons. The second-order valence-corrected chi connectivity index (χ2v) is 7.16. The van der Waals surface area contributed by atoms with Crippen LogP contribution < -0.4 is 21.3 Å². The molecule has 1 saturated carbocycles. The van der Waals surface area contributed by atoms with Crippen molar-refractivity contribution in [1.82, 2.24) is 21.3 Å². The van der Waals surface area contributed by atoms with E-state index < -0.39 is 0 Å². The second kappa shape index (κ2) is 11.3. The predicted octanol–water partition coefficient (Wildman–Crippen LogP) is 2.05. The van der Waals surface area contributed by atoms with Gasteiger partial charge in [-0.25, -0.2) is 4.79 Å². The Balaban J connectivity index is 1.41. The van der Waals surface area contributed by atoms with E-state index in [4.69, 9.17) is 0 Å². The summed E-state index contributed by atoms with van der Waals surface area (Å²) in [5.74, 6) is 0.159. The molecule has 1 aliphatic carbocycles. The third-order valence-electron chi connectivity index (χ3n) is 4.97. The lowest BCUT2D eigenvalue weighted by molar-refractivity contribution is -0.122. The molecule has 3 amide bonds. The molecule has 0 aromatic rings. The molecule has 6 heteroatoms. The first-order valence-electron chi connectivity index (χ1n) is 9.78. The first kappa shape index (κ1) is 19.0. The van der Waals surface area contributed by atoms with Crippen LogP contribution >= 0.6 is 0 Å². The highest BCUT2D eigenvalue weighted by atomic mass is 16.2. The molecule has 0 spiro atoms. The lowest BCUT2D eigenvalue weighted by Gasteiger charge is -2.23. The maximum atomic E-state index is 11.9. The van der Waals surface area contributed by atoms with Gasteiger partial charge in [0.25, 0.3) is 0 Å². The number of amides is 3. The summed E-state index contributed by atoms with van der Waals surface area (Å²) < 4.78 is 0. The van der Waals surface area contributed by atoms with Gasteiger partial charge < -0.3 is 21.3 Å². The molecule has 1 atom stereocenters. The van der Waals surface area contributed by atoms with Crippen molar-refractivity contribution in [2.24, 2.45) is 0 Å². The van der Waals surface area contributed by atoms with E-state index in [1.165, 1.54) is 19.3 Å². The Morgan fingerprint density at radius 2 is 1.67 bits per heavy atom. The van der Waals surface area contributed by atoms with Gasteiger partial charge in [-0.3, -0.25) is 4.79 Å². The van der Waals surface area contributed by atoms with Gasteiger partial charge in [-0.15, -0.1) is 0 Å². The van der Waals surface area contributed by atoms with Crippen molar-refractivity contribution in [2.75, 3.05) is 19.6 Å². The fourth-order valence-electron chi connectivity index (χ4n) is 3.55. The zero-order chi connectivity index (χ0) is 17.0. The van der Waals surface area contributed by atoms with Crippen LogP contribution in [0.2, 0.25) is 0 Å². The van der Waals surface area contributed by atoms with Crippen molar-refractivity contribution < 1.29 is 9.59 Å². The molecule has 2 fully saturated rings. The Bertz CT molecular complexity index is 341. The van der Waals surface area contributed by atoms with Crippen molar-refractivity contribution in [3.63, 3.8) is 0 Å². The third kappa shape index (κ3) is 7.99. The van der Waals surface area contributed by atoms with Crippen LogP contribution in [0.4, 0.5) is 4.79 Å². The van der Waals surface area contributed by atoms with Crippen molar-refractivity contribution in [1.29, 1.82) is 0 Å². The van der Waals surface area contributed by atoms with Crippen LogP contribution in [0.3, 0.4) is 0 Å². The van der Waals surface area contributed by atoms with Crippen LogP contribution in [-0.2, 0) is 4.79 Å². The first-order valence-corrected chi connectivity index (χ1v) is 9.78. The topological polar surface area (TPSA) is 82.3 Å². The van der Waals surface area contributed by atoms with E-state index in [0.29, 0.717) is 25.0 Å². The highest BCUT2D eigenvalue weighted by Crippen LogP contribution is 2.17. The normalized spacial score (nSPS) is 21.9. The highest BCUT2D eigenvalue weighted by Gasteiger charge is 2.16. The third-order valence-corrected chi connectivity index (χ3v) is 4.97. The molecule has 1 aliphatic heterocycles. The number of piperidine rings is 1. The summed E-state index contributed by atoms with van der Waals surface area (Å²) in [5.41, 5.74) is 0. The van der Waals surface area contributed by atoms with Gasteiger partial charge >= 0.3 is 6.03 Å². The van der Waals surface area contributed by atoms with E-state index in [1.54, 1.807) is 0 Å². The molecule has 4 N–H and O–H groups in total. The summed E-state index contributed by atoms with van der Waals surface area (Å²) in [5, 5.41) is 12.4. The van der Waals surface area contributed by atoms with Gasteiger partial charge in [0.15, 0.2) is 0 Å². The molecular formula is C18H34N4O2. The van der Waals surface area contributed by atoms with Gasteiger partial charge in [0.1, 0.15) is 0 Å². The van der Waals surface area contributed by atoms with Gasteiger partial charge in [0.2, 0.25) is 5.91 Å². The Hall–Kier alpha value is -1.30. The highest BCUT2D eigenvalue weighted by molar-refractivity contribution is 5.76. The molecule has 0 bridgehead atoms. The molecule has 138 valence electrons. The number of carbonyl (C=O) groups excluding carboxylic acids is 2. The molecular weight excluding hydrogens is 304 g/mol. The smallest absolute Gasteiger partial charge is 0.315 e. The Kier molecular flexibility index (Phi) is 8.95. The second-order valence-electron chi connectivity index (χ2n) is 7.16. The maximum absolute atomic E-state index is 11.9. The SMILES string of the molecule is O=C(CCCCCNC(=O)NC1CCCCC1)NC1CCCNC1. The summed E-state index contributed by atoms with van der Waals surface area (Å²) >= 11 is 0. The maximum Gasteiger partial charge on any atom is 0.315 e. The summed E-state index contributed by atoms with van der Waals surface area (Å²) in [4.78, 5) is 23.6. The average Bonchev–Trinajstić information content (AvgIpc) is 2.60. The van der Waals surface area contributed by atoms with Crippen LogP contribution in [0, 0.1) is 0 Å². The van der Waals surface area contributed by atoms with E-state index in [2.05, 4.69) is 21.3 Å². The minimum absolute atomic E-state index is 0.0376. The molecule has 24 heavy (non-hydrogen) atoms. The van der Waals surface area contributed by atoms with Crippen molar-refractivity contribution >= 4 is 11.9 Å². The predicted molar refractivity (Wildman–Crippen MR) is 95.9 cm³/mol. The van der Waals surface area contributed by atoms with E-state index >= 15 is 0 Å². The number of carbonyl (C=O) groups is 2. The van der Waals surface area contributed by atoms with E-state index in [0.717, 1.165) is 58.0 Å².